The molecule has 1 unspecified atom stereocenters. The fraction of sp³-hybridized carbons (Fsp3) is 0.125. The molecule has 1 aliphatic heterocycles. The third-order valence-electron chi connectivity index (χ3n) is 10.5. The maximum Gasteiger partial charge on any atom is 0.199 e. The quantitative estimate of drug-likeness (QED) is 0.0823. The minimum absolute atomic E-state index is 0.0757. The second-order valence-corrected chi connectivity index (χ2v) is 17.0. The maximum absolute atomic E-state index is 9.75. The molecule has 17 heteroatoms. The van der Waals surface area contributed by atoms with Crippen LogP contribution in [0.1, 0.15) is 19.3 Å². The molecule has 1 atom stereocenters. The molecule has 0 spiro atoms. The Labute approximate surface area is 398 Å². The topological polar surface area (TPSA) is 213 Å². The van der Waals surface area contributed by atoms with Gasteiger partial charge in [0.05, 0.1) is 38.0 Å². The summed E-state index contributed by atoms with van der Waals surface area (Å²) in [6, 6.07) is 27.1. The van der Waals surface area contributed by atoms with Gasteiger partial charge in [-0.3, -0.25) is 0 Å². The van der Waals surface area contributed by atoms with Crippen LogP contribution in [0.5, 0.6) is 28.7 Å². The first-order valence-electron chi connectivity index (χ1n) is 20.4. The van der Waals surface area contributed by atoms with E-state index in [-0.39, 0.29) is 23.5 Å². The zero-order chi connectivity index (χ0) is 44.9. The van der Waals surface area contributed by atoms with Crippen molar-refractivity contribution in [2.75, 3.05) is 13.7 Å². The van der Waals surface area contributed by atoms with E-state index in [9.17, 15) is 15.3 Å². The first-order valence-corrected chi connectivity index (χ1v) is 22.5. The first-order chi connectivity index (χ1) is 31.7. The number of H-pyrrole nitrogens is 3. The highest BCUT2D eigenvalue weighted by molar-refractivity contribution is 14.1. The van der Waals surface area contributed by atoms with Gasteiger partial charge in [0.25, 0.3) is 0 Å². The molecule has 10 aromatic rings. The number of phenolic OH excluding ortho intramolecular Hbond substituents is 3. The molecule has 0 amide bonds. The second-order valence-electron chi connectivity index (χ2n) is 14.8. The average Bonchev–Trinajstić information content (AvgIpc) is 4.08. The van der Waals surface area contributed by atoms with E-state index >= 15 is 0 Å². The van der Waals surface area contributed by atoms with E-state index in [1.807, 2.05) is 67.1 Å². The van der Waals surface area contributed by atoms with Crippen LogP contribution in [-0.4, -0.2) is 80.2 Å². The molecule has 0 saturated carbocycles. The highest BCUT2D eigenvalue weighted by Crippen LogP contribution is 2.34. The first kappa shape index (κ1) is 43.4. The van der Waals surface area contributed by atoms with Crippen LogP contribution in [0.15, 0.2) is 128 Å². The Morgan fingerprint density at radius 3 is 1.55 bits per heavy atom. The van der Waals surface area contributed by atoms with Crippen molar-refractivity contribution in [1.82, 2.24) is 44.9 Å². The second kappa shape index (κ2) is 19.5. The molecule has 0 aliphatic carbocycles. The van der Waals surface area contributed by atoms with Crippen LogP contribution in [0.2, 0.25) is 0 Å². The van der Waals surface area contributed by atoms with Gasteiger partial charge < -0.3 is 44.5 Å². The summed E-state index contributed by atoms with van der Waals surface area (Å²) in [5.74, 6) is 1.76. The molecule has 1 aliphatic rings. The standard InChI is InChI=1S/C19H15N3O3.C17H16IN3O2.C12H8IN3O/c1-25-17-8-12(4-7-16(17)24)15-10-21-19-18(22-15)14(9-20-19)11-2-5-13(23)6-3-11;18-14-10-20-17-16(21-14)13(9-19-17)11-4-6-12(7-5-11)23-15-3-1-2-8-22-15;13-10-6-15-12-11(16-10)9(5-14-12)7-1-3-8(17)4-2-7/h2-10,23-24H,1H3,(H,20,21);4-7,9-10,15H,1-3,8H2,(H,19,20);1-6,17H,(H,14,15). The van der Waals surface area contributed by atoms with Gasteiger partial charge >= 0.3 is 0 Å². The summed E-state index contributed by atoms with van der Waals surface area (Å²) in [4.78, 5) is 36.2. The summed E-state index contributed by atoms with van der Waals surface area (Å²) in [5, 5.41) is 28.5. The molecule has 0 radical (unpaired) electrons. The third-order valence-corrected chi connectivity index (χ3v) is 11.5. The lowest BCUT2D eigenvalue weighted by atomic mass is 10.1. The fourth-order valence-corrected chi connectivity index (χ4v) is 7.98. The van der Waals surface area contributed by atoms with Gasteiger partial charge in [0, 0.05) is 47.3 Å². The molecule has 1 saturated heterocycles. The summed E-state index contributed by atoms with van der Waals surface area (Å²) < 4.78 is 18.4. The fourth-order valence-electron chi connectivity index (χ4n) is 7.22. The van der Waals surface area contributed by atoms with Crippen LogP contribution in [0.4, 0.5) is 0 Å². The van der Waals surface area contributed by atoms with Crippen molar-refractivity contribution < 1.29 is 29.5 Å². The van der Waals surface area contributed by atoms with E-state index in [1.54, 1.807) is 61.1 Å². The van der Waals surface area contributed by atoms with E-state index in [1.165, 1.54) is 7.11 Å². The summed E-state index contributed by atoms with van der Waals surface area (Å²) in [6.07, 6.45) is 13.9. The number of ether oxygens (including phenoxy) is 3. The summed E-state index contributed by atoms with van der Waals surface area (Å²) in [6.45, 7) is 0.787. The minimum Gasteiger partial charge on any atom is -0.508 e. The molecule has 11 rings (SSSR count). The van der Waals surface area contributed by atoms with Crippen LogP contribution in [0.3, 0.4) is 0 Å². The van der Waals surface area contributed by atoms with Gasteiger partial charge in [0.15, 0.2) is 34.7 Å². The number of fused-ring (bicyclic) bond motifs is 3. The molecular weight excluding hydrogens is 1050 g/mol. The number of methoxy groups -OCH3 is 1. The number of aromatic nitrogens is 9. The summed E-state index contributed by atoms with van der Waals surface area (Å²) >= 11 is 4.32. The van der Waals surface area contributed by atoms with Gasteiger partial charge in [-0.2, -0.15) is 0 Å². The average molecular weight is 1090 g/mol. The number of nitrogens with zero attached hydrogens (tertiary/aromatic N) is 6. The number of nitrogens with one attached hydrogen (secondary N) is 3. The Morgan fingerprint density at radius 2 is 1.06 bits per heavy atom. The van der Waals surface area contributed by atoms with Crippen LogP contribution in [-0.2, 0) is 4.74 Å². The minimum atomic E-state index is -0.116. The highest BCUT2D eigenvalue weighted by Gasteiger charge is 2.17. The monoisotopic (exact) mass is 1090 g/mol. The molecule has 15 nitrogen and oxygen atoms in total. The Hall–Kier alpha value is -6.84. The summed E-state index contributed by atoms with van der Waals surface area (Å²) in [5.41, 5.74) is 12.1. The number of benzene rings is 4. The highest BCUT2D eigenvalue weighted by atomic mass is 127. The van der Waals surface area contributed by atoms with Crippen molar-refractivity contribution in [2.45, 2.75) is 25.6 Å². The zero-order valence-electron chi connectivity index (χ0n) is 34.5. The van der Waals surface area contributed by atoms with E-state index in [4.69, 9.17) is 19.2 Å². The molecule has 7 heterocycles. The van der Waals surface area contributed by atoms with Crippen molar-refractivity contribution in [3.8, 4) is 73.4 Å². The SMILES string of the molecule is COc1cc(-c2cnc3[nH]cc(-c4ccc(O)cc4)c3n2)ccc1O.Ic1cnc2[nH]cc(-c3ccc(OC4CCCCO4)cc3)c2n1.Oc1ccc(-c2c[nH]c3ncc(I)nc23)cc1. The predicted octanol–water partition coefficient (Wildman–Crippen LogP) is 10.8. The van der Waals surface area contributed by atoms with E-state index in [0.717, 1.165) is 106 Å². The number of hydrogen-bond donors (Lipinski definition) is 6. The molecule has 326 valence electrons. The molecule has 6 N–H and O–H groups in total. The van der Waals surface area contributed by atoms with E-state index in [0.29, 0.717) is 17.1 Å². The van der Waals surface area contributed by atoms with E-state index < -0.39 is 0 Å². The Balaban J connectivity index is 0.000000125. The van der Waals surface area contributed by atoms with Gasteiger partial charge in [-0.05, 0) is 129 Å². The van der Waals surface area contributed by atoms with E-state index in [2.05, 4.69) is 85.1 Å². The molecule has 0 bridgehead atoms. The summed E-state index contributed by atoms with van der Waals surface area (Å²) in [7, 11) is 1.50. The number of aromatic hydroxyl groups is 3. The zero-order valence-corrected chi connectivity index (χ0v) is 38.9. The van der Waals surface area contributed by atoms with Crippen molar-refractivity contribution in [2.24, 2.45) is 0 Å². The lowest BCUT2D eigenvalue weighted by Gasteiger charge is -2.23. The van der Waals surface area contributed by atoms with Gasteiger partial charge in [-0.1, -0.05) is 36.4 Å². The molecule has 65 heavy (non-hydrogen) atoms. The van der Waals surface area contributed by atoms with Crippen LogP contribution < -0.4 is 9.47 Å². The normalized spacial score (nSPS) is 13.5. The smallest absolute Gasteiger partial charge is 0.199 e. The van der Waals surface area contributed by atoms with Gasteiger partial charge in [0.2, 0.25) is 0 Å². The molecule has 6 aromatic heterocycles. The lowest BCUT2D eigenvalue weighted by molar-refractivity contribution is -0.105. The van der Waals surface area contributed by atoms with Gasteiger partial charge in [-0.15, -0.1) is 0 Å². The predicted molar refractivity (Wildman–Crippen MR) is 265 cm³/mol. The van der Waals surface area contributed by atoms with Crippen molar-refractivity contribution in [1.29, 1.82) is 0 Å². The molecule has 4 aromatic carbocycles. The van der Waals surface area contributed by atoms with Crippen molar-refractivity contribution in [3.05, 3.63) is 136 Å². The van der Waals surface area contributed by atoms with Gasteiger partial charge in [-0.25, -0.2) is 29.9 Å². The Bertz CT molecular complexity index is 3220. The Kier molecular flexibility index (Phi) is 13.0. The maximum atomic E-state index is 9.75. The number of hydrogen-bond acceptors (Lipinski definition) is 12. The number of halogens is 2. The molecule has 1 fully saturated rings. The number of rotatable bonds is 7. The largest absolute Gasteiger partial charge is 0.508 e. The van der Waals surface area contributed by atoms with Gasteiger partial charge in [0.1, 0.15) is 41.2 Å². The number of aromatic amines is 3. The lowest BCUT2D eigenvalue weighted by Crippen LogP contribution is -2.24. The van der Waals surface area contributed by atoms with Crippen molar-refractivity contribution in [3.63, 3.8) is 0 Å². The Morgan fingerprint density at radius 1 is 0.585 bits per heavy atom. The molecular formula is C48H39I2N9O6. The number of phenols is 3. The van der Waals surface area contributed by atoms with Crippen LogP contribution in [0, 0.1) is 7.40 Å². The van der Waals surface area contributed by atoms with Crippen molar-refractivity contribution >= 4 is 78.7 Å². The third kappa shape index (κ3) is 9.96. The van der Waals surface area contributed by atoms with Crippen LogP contribution in [0.25, 0.3) is 78.1 Å². The van der Waals surface area contributed by atoms with Crippen LogP contribution >= 0.6 is 45.2 Å².